The molecule has 1 atom stereocenters. The normalized spacial score (nSPS) is 13.2. The molecule has 0 heterocycles. The Balaban J connectivity index is 2.24. The van der Waals surface area contributed by atoms with Crippen LogP contribution in [0.4, 0.5) is 26.3 Å². The monoisotopic (exact) mass is 477 g/mol. The van der Waals surface area contributed by atoms with Crippen molar-refractivity contribution >= 4 is 5.91 Å². The van der Waals surface area contributed by atoms with Crippen LogP contribution < -0.4 is 15.4 Å². The summed E-state index contributed by atoms with van der Waals surface area (Å²) >= 11 is 0. The Morgan fingerprint density at radius 1 is 0.970 bits per heavy atom. The fourth-order valence-electron chi connectivity index (χ4n) is 3.00. The lowest BCUT2D eigenvalue weighted by Crippen LogP contribution is -2.39. The Morgan fingerprint density at radius 2 is 1.52 bits per heavy atom. The van der Waals surface area contributed by atoms with Crippen LogP contribution in [0.15, 0.2) is 42.5 Å². The largest absolute Gasteiger partial charge is 0.497 e. The lowest BCUT2D eigenvalue weighted by molar-refractivity contribution is -0.143. The topological polar surface area (TPSA) is 53.6 Å². The Hall–Kier alpha value is -2.79. The Labute approximate surface area is 187 Å². The Kier molecular flexibility index (Phi) is 8.73. The van der Waals surface area contributed by atoms with Crippen LogP contribution in [0.3, 0.4) is 0 Å². The van der Waals surface area contributed by atoms with E-state index in [2.05, 4.69) is 10.6 Å². The number of benzene rings is 2. The van der Waals surface area contributed by atoms with Gasteiger partial charge in [0.2, 0.25) is 5.91 Å². The summed E-state index contributed by atoms with van der Waals surface area (Å²) < 4.78 is 83.5. The number of methoxy groups -OCH3 is 1. The van der Waals surface area contributed by atoms with E-state index in [0.29, 0.717) is 36.5 Å². The SMILES string of the molecule is COc1ccc([C@H](NCCN(C)C)C(=O)NCc2cc(C(F)(F)F)cc(C(F)(F)F)c2)cc1. The molecule has 0 saturated heterocycles. The first-order valence-electron chi connectivity index (χ1n) is 9.89. The van der Waals surface area contributed by atoms with E-state index in [0.717, 1.165) is 0 Å². The van der Waals surface area contributed by atoms with Crippen LogP contribution in [-0.4, -0.2) is 45.1 Å². The molecular formula is C22H25F6N3O2. The molecule has 0 fully saturated rings. The molecule has 0 radical (unpaired) electrons. The van der Waals surface area contributed by atoms with E-state index in [-0.39, 0.29) is 11.6 Å². The molecule has 2 aromatic rings. The zero-order chi connectivity index (χ0) is 24.8. The molecule has 33 heavy (non-hydrogen) atoms. The predicted molar refractivity (Wildman–Crippen MR) is 111 cm³/mol. The average Bonchev–Trinajstić information content (AvgIpc) is 2.73. The van der Waals surface area contributed by atoms with Crippen molar-refractivity contribution in [3.63, 3.8) is 0 Å². The minimum atomic E-state index is -4.96. The minimum Gasteiger partial charge on any atom is -0.497 e. The average molecular weight is 477 g/mol. The van der Waals surface area contributed by atoms with E-state index in [1.54, 1.807) is 24.3 Å². The zero-order valence-corrected chi connectivity index (χ0v) is 18.3. The molecule has 0 saturated carbocycles. The number of carbonyl (C=O) groups is 1. The van der Waals surface area contributed by atoms with Gasteiger partial charge in [0.25, 0.3) is 0 Å². The number of hydrogen-bond acceptors (Lipinski definition) is 4. The van der Waals surface area contributed by atoms with Crippen molar-refractivity contribution in [2.45, 2.75) is 24.9 Å². The van der Waals surface area contributed by atoms with Gasteiger partial charge in [-0.2, -0.15) is 26.3 Å². The maximum atomic E-state index is 13.1. The second kappa shape index (κ2) is 10.9. The highest BCUT2D eigenvalue weighted by atomic mass is 19.4. The van der Waals surface area contributed by atoms with Crippen molar-refractivity contribution < 1.29 is 35.9 Å². The molecule has 182 valence electrons. The van der Waals surface area contributed by atoms with Crippen molar-refractivity contribution in [3.05, 3.63) is 64.7 Å². The van der Waals surface area contributed by atoms with Crippen LogP contribution in [0.5, 0.6) is 5.75 Å². The van der Waals surface area contributed by atoms with Gasteiger partial charge < -0.3 is 20.3 Å². The highest BCUT2D eigenvalue weighted by molar-refractivity contribution is 5.83. The summed E-state index contributed by atoms with van der Waals surface area (Å²) in [5, 5.41) is 5.50. The molecule has 0 spiro atoms. The second-order valence-electron chi connectivity index (χ2n) is 7.60. The molecule has 2 rings (SSSR count). The van der Waals surface area contributed by atoms with Gasteiger partial charge in [-0.15, -0.1) is 0 Å². The summed E-state index contributed by atoms with van der Waals surface area (Å²) in [7, 11) is 5.17. The molecule has 0 bridgehead atoms. The van der Waals surface area contributed by atoms with Crippen molar-refractivity contribution in [1.82, 2.24) is 15.5 Å². The number of nitrogens with zero attached hydrogens (tertiary/aromatic N) is 1. The molecular weight excluding hydrogens is 452 g/mol. The van der Waals surface area contributed by atoms with Gasteiger partial charge in [-0.3, -0.25) is 4.79 Å². The summed E-state index contributed by atoms with van der Waals surface area (Å²) in [5.74, 6) is -0.0280. The molecule has 0 unspecified atom stereocenters. The van der Waals surface area contributed by atoms with Crippen LogP contribution >= 0.6 is 0 Å². The fourth-order valence-corrected chi connectivity index (χ4v) is 3.00. The summed E-state index contributed by atoms with van der Waals surface area (Å²) in [6.45, 7) is 0.509. The zero-order valence-electron chi connectivity index (χ0n) is 18.3. The van der Waals surface area contributed by atoms with Gasteiger partial charge >= 0.3 is 12.4 Å². The summed E-state index contributed by atoms with van der Waals surface area (Å²) in [6.07, 6.45) is -9.92. The first-order valence-corrected chi connectivity index (χ1v) is 9.89. The van der Waals surface area contributed by atoms with Gasteiger partial charge in [0.05, 0.1) is 18.2 Å². The lowest BCUT2D eigenvalue weighted by atomic mass is 10.0. The molecule has 0 aliphatic rings. The van der Waals surface area contributed by atoms with Crippen molar-refractivity contribution in [3.8, 4) is 5.75 Å². The lowest BCUT2D eigenvalue weighted by Gasteiger charge is -2.21. The van der Waals surface area contributed by atoms with Gasteiger partial charge in [-0.1, -0.05) is 12.1 Å². The van der Waals surface area contributed by atoms with E-state index in [4.69, 9.17) is 4.74 Å². The molecule has 0 aliphatic heterocycles. The molecule has 2 aromatic carbocycles. The van der Waals surface area contributed by atoms with Crippen LogP contribution in [-0.2, 0) is 23.7 Å². The molecule has 0 aromatic heterocycles. The Morgan fingerprint density at radius 3 is 1.97 bits per heavy atom. The third kappa shape index (κ3) is 7.93. The van der Waals surface area contributed by atoms with Crippen LogP contribution in [0, 0.1) is 0 Å². The maximum Gasteiger partial charge on any atom is 0.416 e. The number of halogens is 6. The Bertz CT molecular complexity index is 895. The first kappa shape index (κ1) is 26.5. The third-order valence-electron chi connectivity index (χ3n) is 4.73. The van der Waals surface area contributed by atoms with E-state index >= 15 is 0 Å². The number of carbonyl (C=O) groups excluding carboxylic acids is 1. The van der Waals surface area contributed by atoms with E-state index in [9.17, 15) is 31.1 Å². The maximum absolute atomic E-state index is 13.1. The number of nitrogens with one attached hydrogen (secondary N) is 2. The number of amides is 1. The van der Waals surface area contributed by atoms with Gasteiger partial charge in [0.15, 0.2) is 0 Å². The fraction of sp³-hybridized carbons (Fsp3) is 0.409. The number of hydrogen-bond donors (Lipinski definition) is 2. The predicted octanol–water partition coefficient (Wildman–Crippen LogP) is 4.24. The number of rotatable bonds is 9. The van der Waals surface area contributed by atoms with E-state index in [1.807, 2.05) is 19.0 Å². The highest BCUT2D eigenvalue weighted by Crippen LogP contribution is 2.36. The summed E-state index contributed by atoms with van der Waals surface area (Å²) in [5.41, 5.74) is -2.62. The second-order valence-corrected chi connectivity index (χ2v) is 7.60. The van der Waals surface area contributed by atoms with Crippen molar-refractivity contribution in [1.29, 1.82) is 0 Å². The molecule has 11 heteroatoms. The van der Waals surface area contributed by atoms with Crippen LogP contribution in [0.1, 0.15) is 28.3 Å². The number of alkyl halides is 6. The van der Waals surface area contributed by atoms with Gasteiger partial charge in [-0.05, 0) is 55.6 Å². The van der Waals surface area contributed by atoms with Gasteiger partial charge in [0.1, 0.15) is 11.8 Å². The summed E-state index contributed by atoms with van der Waals surface area (Å²) in [4.78, 5) is 14.7. The smallest absolute Gasteiger partial charge is 0.416 e. The van der Waals surface area contributed by atoms with Crippen LogP contribution in [0.25, 0.3) is 0 Å². The molecule has 0 aliphatic carbocycles. The quantitative estimate of drug-likeness (QED) is 0.531. The first-order chi connectivity index (χ1) is 15.3. The van der Waals surface area contributed by atoms with E-state index < -0.39 is 42.0 Å². The number of ether oxygens (including phenoxy) is 1. The molecule has 1 amide bonds. The van der Waals surface area contributed by atoms with Crippen LogP contribution in [0.2, 0.25) is 0 Å². The minimum absolute atomic E-state index is 0.0499. The van der Waals surface area contributed by atoms with Gasteiger partial charge in [0, 0.05) is 19.6 Å². The highest BCUT2D eigenvalue weighted by Gasteiger charge is 2.37. The summed E-state index contributed by atoms with van der Waals surface area (Å²) in [6, 6.07) is 6.96. The van der Waals surface area contributed by atoms with E-state index in [1.165, 1.54) is 7.11 Å². The van der Waals surface area contributed by atoms with Gasteiger partial charge in [-0.25, -0.2) is 0 Å². The number of likely N-dealkylation sites (N-methyl/N-ethyl adjacent to an activating group) is 1. The standard InChI is InChI=1S/C22H25F6N3O2/c1-31(2)9-8-29-19(15-4-6-18(33-3)7-5-15)20(32)30-13-14-10-16(21(23,24)25)12-17(11-14)22(26,27)28/h4-7,10-12,19,29H,8-9,13H2,1-3H3,(H,30,32)/t19-/m0/s1. The van der Waals surface area contributed by atoms with Crippen molar-refractivity contribution in [2.75, 3.05) is 34.3 Å². The molecule has 2 N–H and O–H groups in total. The molecule has 5 nitrogen and oxygen atoms in total. The van der Waals surface area contributed by atoms with Crippen molar-refractivity contribution in [2.24, 2.45) is 0 Å². The third-order valence-corrected chi connectivity index (χ3v) is 4.73.